The molecule has 0 saturated carbocycles. The largest absolute Gasteiger partial charge is 0.491 e. The second kappa shape index (κ2) is 8.17. The van der Waals surface area contributed by atoms with Gasteiger partial charge in [-0.25, -0.2) is 0 Å². The molecule has 5 heteroatoms. The van der Waals surface area contributed by atoms with Gasteiger partial charge in [-0.3, -0.25) is 9.59 Å². The molecule has 1 aromatic heterocycles. The highest BCUT2D eigenvalue weighted by atomic mass is 16.5. The minimum Gasteiger partial charge on any atom is -0.491 e. The Morgan fingerprint density at radius 3 is 2.61 bits per heavy atom. The summed E-state index contributed by atoms with van der Waals surface area (Å²) in [6.07, 6.45) is 4.93. The zero-order valence-electron chi connectivity index (χ0n) is 13.5. The molecular formula is C18H22N2O3. The predicted octanol–water partition coefficient (Wildman–Crippen LogP) is 2.84. The van der Waals surface area contributed by atoms with Crippen LogP contribution in [0, 0.1) is 0 Å². The molecule has 1 amide bonds. The van der Waals surface area contributed by atoms with Gasteiger partial charge in [0.25, 0.3) is 5.56 Å². The summed E-state index contributed by atoms with van der Waals surface area (Å²) in [6.45, 7) is 2.11. The van der Waals surface area contributed by atoms with Crippen LogP contribution in [-0.2, 0) is 17.8 Å². The summed E-state index contributed by atoms with van der Waals surface area (Å²) in [7, 11) is 1.43. The van der Waals surface area contributed by atoms with Gasteiger partial charge in [-0.1, -0.05) is 25.5 Å². The minimum atomic E-state index is -0.319. The van der Waals surface area contributed by atoms with Crippen molar-refractivity contribution in [3.05, 3.63) is 58.5 Å². The Morgan fingerprint density at radius 2 is 1.96 bits per heavy atom. The normalized spacial score (nSPS) is 10.3. The van der Waals surface area contributed by atoms with Crippen LogP contribution in [0.2, 0.25) is 0 Å². The van der Waals surface area contributed by atoms with Crippen molar-refractivity contribution in [3.8, 4) is 5.75 Å². The Morgan fingerprint density at radius 1 is 1.22 bits per heavy atom. The molecule has 2 aromatic rings. The van der Waals surface area contributed by atoms with Crippen LogP contribution in [0.4, 0.5) is 5.69 Å². The van der Waals surface area contributed by atoms with Gasteiger partial charge in [0.05, 0.1) is 7.11 Å². The first-order valence-corrected chi connectivity index (χ1v) is 7.76. The fraction of sp³-hybridized carbons (Fsp3) is 0.333. The van der Waals surface area contributed by atoms with E-state index in [0.717, 1.165) is 24.9 Å². The maximum Gasteiger partial charge on any atom is 0.293 e. The number of hydrogen-bond donors (Lipinski definition) is 1. The van der Waals surface area contributed by atoms with Crippen molar-refractivity contribution in [1.82, 2.24) is 4.57 Å². The Kier molecular flexibility index (Phi) is 5.97. The summed E-state index contributed by atoms with van der Waals surface area (Å²) in [5, 5.41) is 2.80. The monoisotopic (exact) mass is 314 g/mol. The van der Waals surface area contributed by atoms with Crippen molar-refractivity contribution in [3.63, 3.8) is 0 Å². The zero-order valence-corrected chi connectivity index (χ0v) is 13.5. The molecule has 0 bridgehead atoms. The molecule has 1 heterocycles. The summed E-state index contributed by atoms with van der Waals surface area (Å²) in [5.41, 5.74) is 1.67. The van der Waals surface area contributed by atoms with Crippen molar-refractivity contribution < 1.29 is 9.53 Å². The number of amides is 1. The number of carbonyl (C=O) groups is 1. The third-order valence-electron chi connectivity index (χ3n) is 3.58. The zero-order chi connectivity index (χ0) is 16.7. The summed E-state index contributed by atoms with van der Waals surface area (Å²) in [6, 6.07) is 11.1. The highest BCUT2D eigenvalue weighted by Crippen LogP contribution is 2.12. The van der Waals surface area contributed by atoms with Crippen LogP contribution in [0.15, 0.2) is 47.4 Å². The smallest absolute Gasteiger partial charge is 0.293 e. The number of rotatable bonds is 7. The van der Waals surface area contributed by atoms with E-state index in [1.54, 1.807) is 18.3 Å². The topological polar surface area (TPSA) is 60.3 Å². The van der Waals surface area contributed by atoms with Crippen LogP contribution in [0.3, 0.4) is 0 Å². The van der Waals surface area contributed by atoms with Crippen LogP contribution in [0.1, 0.15) is 25.3 Å². The maximum atomic E-state index is 12.1. The first kappa shape index (κ1) is 16.8. The Bertz CT molecular complexity index is 705. The number of ether oxygens (including phenoxy) is 1. The SMILES string of the molecule is CCCCc1ccc(NC(=O)Cn2cccc(OC)c2=O)cc1. The fourth-order valence-corrected chi connectivity index (χ4v) is 2.29. The van der Waals surface area contributed by atoms with E-state index < -0.39 is 0 Å². The number of aromatic nitrogens is 1. The first-order valence-electron chi connectivity index (χ1n) is 7.76. The number of unbranched alkanes of at least 4 members (excludes halogenated alkanes) is 1. The van der Waals surface area contributed by atoms with Gasteiger partial charge in [-0.05, 0) is 42.7 Å². The molecule has 0 unspecified atom stereocenters. The Labute approximate surface area is 135 Å². The molecule has 0 aliphatic carbocycles. The number of anilines is 1. The molecule has 0 radical (unpaired) electrons. The molecule has 0 fully saturated rings. The van der Waals surface area contributed by atoms with Gasteiger partial charge in [-0.15, -0.1) is 0 Å². The van der Waals surface area contributed by atoms with Gasteiger partial charge < -0.3 is 14.6 Å². The second-order valence-electron chi connectivity index (χ2n) is 5.36. The van der Waals surface area contributed by atoms with E-state index >= 15 is 0 Å². The molecule has 2 rings (SSSR count). The van der Waals surface area contributed by atoms with E-state index in [9.17, 15) is 9.59 Å². The third-order valence-corrected chi connectivity index (χ3v) is 3.58. The van der Waals surface area contributed by atoms with Gasteiger partial charge in [0.2, 0.25) is 5.91 Å². The highest BCUT2D eigenvalue weighted by Gasteiger charge is 2.08. The van der Waals surface area contributed by atoms with Gasteiger partial charge in [0, 0.05) is 11.9 Å². The molecule has 0 saturated heterocycles. The van der Waals surface area contributed by atoms with Crippen LogP contribution < -0.4 is 15.6 Å². The predicted molar refractivity (Wildman–Crippen MR) is 90.9 cm³/mol. The summed E-state index contributed by atoms with van der Waals surface area (Å²) in [5.74, 6) is -0.0257. The van der Waals surface area contributed by atoms with Gasteiger partial charge in [0.1, 0.15) is 6.54 Å². The van der Waals surface area contributed by atoms with Crippen molar-refractivity contribution in [1.29, 1.82) is 0 Å². The summed E-state index contributed by atoms with van der Waals surface area (Å²) < 4.78 is 6.29. The van der Waals surface area contributed by atoms with Crippen molar-refractivity contribution in [2.24, 2.45) is 0 Å². The summed E-state index contributed by atoms with van der Waals surface area (Å²) in [4.78, 5) is 24.1. The standard InChI is InChI=1S/C18H22N2O3/c1-3-4-6-14-8-10-15(11-9-14)19-17(21)13-20-12-5-7-16(23-2)18(20)22/h5,7-12H,3-4,6,13H2,1-2H3,(H,19,21). The van der Waals surface area contributed by atoms with Gasteiger partial charge in [-0.2, -0.15) is 0 Å². The number of aryl methyl sites for hydroxylation is 1. The molecule has 0 atom stereocenters. The second-order valence-corrected chi connectivity index (χ2v) is 5.36. The number of methoxy groups -OCH3 is 1. The van der Waals surface area contributed by atoms with E-state index in [2.05, 4.69) is 12.2 Å². The molecule has 0 spiro atoms. The maximum absolute atomic E-state index is 12.1. The lowest BCUT2D eigenvalue weighted by Gasteiger charge is -2.09. The molecule has 122 valence electrons. The average molecular weight is 314 g/mol. The fourth-order valence-electron chi connectivity index (χ4n) is 2.29. The molecule has 1 N–H and O–H groups in total. The van der Waals surface area contributed by atoms with Gasteiger partial charge in [0.15, 0.2) is 5.75 Å². The first-order chi connectivity index (χ1) is 11.1. The molecule has 1 aromatic carbocycles. The van der Waals surface area contributed by atoms with Crippen LogP contribution in [0.25, 0.3) is 0 Å². The number of nitrogens with zero attached hydrogens (tertiary/aromatic N) is 1. The lowest BCUT2D eigenvalue weighted by molar-refractivity contribution is -0.116. The van der Waals surface area contributed by atoms with Crippen LogP contribution in [0.5, 0.6) is 5.75 Å². The summed E-state index contributed by atoms with van der Waals surface area (Å²) >= 11 is 0. The average Bonchev–Trinajstić information content (AvgIpc) is 2.56. The number of pyridine rings is 1. The van der Waals surface area contributed by atoms with E-state index in [1.165, 1.54) is 17.2 Å². The molecule has 0 aliphatic heterocycles. The van der Waals surface area contributed by atoms with Crippen molar-refractivity contribution in [2.75, 3.05) is 12.4 Å². The van der Waals surface area contributed by atoms with Gasteiger partial charge >= 0.3 is 0 Å². The number of hydrogen-bond acceptors (Lipinski definition) is 3. The Balaban J connectivity index is 1.98. The van der Waals surface area contributed by atoms with Crippen LogP contribution in [-0.4, -0.2) is 17.6 Å². The lowest BCUT2D eigenvalue weighted by Crippen LogP contribution is -2.27. The van der Waals surface area contributed by atoms with Crippen molar-refractivity contribution >= 4 is 11.6 Å². The molecule has 5 nitrogen and oxygen atoms in total. The minimum absolute atomic E-state index is 0.0480. The Hall–Kier alpha value is -2.56. The van der Waals surface area contributed by atoms with E-state index in [4.69, 9.17) is 4.74 Å². The van der Waals surface area contributed by atoms with E-state index in [1.807, 2.05) is 24.3 Å². The van der Waals surface area contributed by atoms with Crippen LogP contribution >= 0.6 is 0 Å². The van der Waals surface area contributed by atoms with E-state index in [0.29, 0.717) is 0 Å². The molecular weight excluding hydrogens is 292 g/mol. The third kappa shape index (κ3) is 4.71. The lowest BCUT2D eigenvalue weighted by atomic mass is 10.1. The molecule has 23 heavy (non-hydrogen) atoms. The quantitative estimate of drug-likeness (QED) is 0.855. The number of carbonyl (C=O) groups excluding carboxylic acids is 1. The number of nitrogens with one attached hydrogen (secondary N) is 1. The van der Waals surface area contributed by atoms with E-state index in [-0.39, 0.29) is 23.8 Å². The van der Waals surface area contributed by atoms with Crippen molar-refractivity contribution in [2.45, 2.75) is 32.7 Å². The number of benzene rings is 1. The highest BCUT2D eigenvalue weighted by molar-refractivity contribution is 5.90. The molecule has 0 aliphatic rings.